The Morgan fingerprint density at radius 2 is 2.12 bits per heavy atom. The topological polar surface area (TPSA) is 71.1 Å². The molecule has 1 saturated heterocycles. The molecule has 3 rings (SSSR count). The summed E-state index contributed by atoms with van der Waals surface area (Å²) in [5.41, 5.74) is 3.18. The highest BCUT2D eigenvalue weighted by Gasteiger charge is 2.39. The number of carbonyl (C=O) groups is 1. The highest BCUT2D eigenvalue weighted by atomic mass is 16.5. The summed E-state index contributed by atoms with van der Waals surface area (Å²) in [6.45, 7) is 5.29. The number of carbonyl (C=O) groups excluding carboxylic acids is 1. The Labute approximate surface area is 142 Å². The second-order valence-corrected chi connectivity index (χ2v) is 6.34. The highest BCUT2D eigenvalue weighted by molar-refractivity contribution is 5.83. The Balaban J connectivity index is 1.72. The van der Waals surface area contributed by atoms with Gasteiger partial charge in [-0.1, -0.05) is 31.2 Å². The first kappa shape index (κ1) is 16.6. The van der Waals surface area contributed by atoms with E-state index in [0.29, 0.717) is 13.1 Å². The molecule has 1 aliphatic heterocycles. The zero-order chi connectivity index (χ0) is 17.1. The maximum atomic E-state index is 12.9. The maximum Gasteiger partial charge on any atom is 0.229 e. The fourth-order valence-electron chi connectivity index (χ4n) is 3.32. The largest absolute Gasteiger partial charge is 0.379 e. The number of aromatic amines is 1. The lowest BCUT2D eigenvalue weighted by atomic mass is 9.98. The van der Waals surface area contributed by atoms with Crippen LogP contribution in [0.2, 0.25) is 0 Å². The highest BCUT2D eigenvalue weighted by Crippen LogP contribution is 2.30. The first-order valence-electron chi connectivity index (χ1n) is 8.40. The molecule has 128 valence electrons. The SMILES string of the molecule is CCc1ccc(C(C)C(=O)N2C[C@@H](OC)[C@H](c3cn[nH]n3)C2)cc1. The molecular weight excluding hydrogens is 304 g/mol. The molecule has 0 saturated carbocycles. The standard InChI is InChI=1S/C18H24N4O2/c1-4-13-5-7-14(8-6-13)12(2)18(23)22-10-15(17(11-22)24-3)16-9-19-21-20-16/h5-9,12,15,17H,4,10-11H2,1-3H3,(H,19,20,21)/t12?,15-,17+/m0/s1. The summed E-state index contributed by atoms with van der Waals surface area (Å²) in [6, 6.07) is 8.30. The molecule has 1 aromatic carbocycles. The van der Waals surface area contributed by atoms with Gasteiger partial charge in [-0.25, -0.2) is 0 Å². The zero-order valence-electron chi connectivity index (χ0n) is 14.4. The van der Waals surface area contributed by atoms with Gasteiger partial charge in [-0.3, -0.25) is 4.79 Å². The fraction of sp³-hybridized carbons (Fsp3) is 0.500. The average Bonchev–Trinajstić information content (AvgIpc) is 3.29. The molecule has 0 radical (unpaired) electrons. The van der Waals surface area contributed by atoms with Crippen LogP contribution in [0.15, 0.2) is 30.5 Å². The van der Waals surface area contributed by atoms with E-state index in [4.69, 9.17) is 4.74 Å². The molecule has 0 aliphatic carbocycles. The number of amides is 1. The van der Waals surface area contributed by atoms with Crippen LogP contribution in [0.25, 0.3) is 0 Å². The van der Waals surface area contributed by atoms with Gasteiger partial charge in [0.15, 0.2) is 0 Å². The lowest BCUT2D eigenvalue weighted by Crippen LogP contribution is -2.33. The van der Waals surface area contributed by atoms with E-state index in [9.17, 15) is 4.79 Å². The number of hydrogen-bond acceptors (Lipinski definition) is 4. The number of hydrogen-bond donors (Lipinski definition) is 1. The molecule has 1 aliphatic rings. The van der Waals surface area contributed by atoms with Crippen LogP contribution in [-0.4, -0.2) is 52.5 Å². The quantitative estimate of drug-likeness (QED) is 0.912. The molecule has 6 nitrogen and oxygen atoms in total. The van der Waals surface area contributed by atoms with Crippen LogP contribution in [0.4, 0.5) is 0 Å². The predicted octanol–water partition coefficient (Wildman–Crippen LogP) is 2.11. The van der Waals surface area contributed by atoms with Crippen molar-refractivity contribution in [2.75, 3.05) is 20.2 Å². The van der Waals surface area contributed by atoms with Crippen molar-refractivity contribution < 1.29 is 9.53 Å². The number of nitrogens with zero attached hydrogens (tertiary/aromatic N) is 3. The van der Waals surface area contributed by atoms with Crippen LogP contribution in [0.5, 0.6) is 0 Å². The summed E-state index contributed by atoms with van der Waals surface area (Å²) in [6.07, 6.45) is 2.66. The van der Waals surface area contributed by atoms with E-state index < -0.39 is 0 Å². The number of methoxy groups -OCH3 is 1. The second-order valence-electron chi connectivity index (χ2n) is 6.34. The minimum Gasteiger partial charge on any atom is -0.379 e. The Hall–Kier alpha value is -2.21. The number of ether oxygens (including phenoxy) is 1. The number of aromatic nitrogens is 3. The van der Waals surface area contributed by atoms with Crippen LogP contribution in [0.3, 0.4) is 0 Å². The molecule has 1 amide bonds. The van der Waals surface area contributed by atoms with Crippen LogP contribution < -0.4 is 0 Å². The average molecular weight is 328 g/mol. The van der Waals surface area contributed by atoms with E-state index in [0.717, 1.165) is 17.7 Å². The molecular formula is C18H24N4O2. The van der Waals surface area contributed by atoms with Gasteiger partial charge in [0.05, 0.1) is 29.8 Å². The van der Waals surface area contributed by atoms with Crippen molar-refractivity contribution in [3.8, 4) is 0 Å². The van der Waals surface area contributed by atoms with Crippen molar-refractivity contribution in [3.63, 3.8) is 0 Å². The number of likely N-dealkylation sites (tertiary alicyclic amines) is 1. The first-order valence-corrected chi connectivity index (χ1v) is 8.40. The van der Waals surface area contributed by atoms with E-state index >= 15 is 0 Å². The van der Waals surface area contributed by atoms with Gasteiger partial charge in [-0.15, -0.1) is 0 Å². The predicted molar refractivity (Wildman–Crippen MR) is 90.7 cm³/mol. The monoisotopic (exact) mass is 328 g/mol. The Kier molecular flexibility index (Phi) is 4.94. The van der Waals surface area contributed by atoms with Gasteiger partial charge in [-0.2, -0.15) is 15.4 Å². The molecule has 3 atom stereocenters. The molecule has 1 unspecified atom stereocenters. The van der Waals surface area contributed by atoms with Crippen LogP contribution in [-0.2, 0) is 16.0 Å². The maximum absolute atomic E-state index is 12.9. The summed E-state index contributed by atoms with van der Waals surface area (Å²) in [4.78, 5) is 14.8. The van der Waals surface area contributed by atoms with Gasteiger partial charge in [-0.05, 0) is 24.5 Å². The minimum atomic E-state index is -0.163. The van der Waals surface area contributed by atoms with Gasteiger partial charge >= 0.3 is 0 Å². The van der Waals surface area contributed by atoms with Gasteiger partial charge in [0, 0.05) is 20.2 Å². The third kappa shape index (κ3) is 3.19. The summed E-state index contributed by atoms with van der Waals surface area (Å²) in [5.74, 6) is 0.0316. The summed E-state index contributed by atoms with van der Waals surface area (Å²) < 4.78 is 5.57. The first-order chi connectivity index (χ1) is 11.6. The summed E-state index contributed by atoms with van der Waals surface area (Å²) >= 11 is 0. The Morgan fingerprint density at radius 1 is 1.38 bits per heavy atom. The third-order valence-corrected chi connectivity index (χ3v) is 4.95. The lowest BCUT2D eigenvalue weighted by Gasteiger charge is -2.21. The van der Waals surface area contributed by atoms with Gasteiger partial charge < -0.3 is 9.64 Å². The number of rotatable bonds is 5. The van der Waals surface area contributed by atoms with Crippen molar-refractivity contribution in [3.05, 3.63) is 47.3 Å². The number of benzene rings is 1. The lowest BCUT2D eigenvalue weighted by molar-refractivity contribution is -0.131. The van der Waals surface area contributed by atoms with Gasteiger partial charge in [0.1, 0.15) is 0 Å². The molecule has 0 bridgehead atoms. The van der Waals surface area contributed by atoms with Crippen LogP contribution in [0, 0.1) is 0 Å². The Bertz CT molecular complexity index is 669. The minimum absolute atomic E-state index is 0.0475. The molecule has 2 heterocycles. The molecule has 6 heteroatoms. The fourth-order valence-corrected chi connectivity index (χ4v) is 3.32. The molecule has 2 aromatic rings. The molecule has 1 N–H and O–H groups in total. The second kappa shape index (κ2) is 7.13. The van der Waals surface area contributed by atoms with Crippen molar-refractivity contribution in [2.24, 2.45) is 0 Å². The molecule has 0 spiro atoms. The van der Waals surface area contributed by atoms with E-state index in [1.165, 1.54) is 5.56 Å². The third-order valence-electron chi connectivity index (χ3n) is 4.95. The number of H-pyrrole nitrogens is 1. The number of nitrogens with one attached hydrogen (secondary N) is 1. The molecule has 1 aromatic heterocycles. The molecule has 24 heavy (non-hydrogen) atoms. The van der Waals surface area contributed by atoms with Gasteiger partial charge in [0.25, 0.3) is 0 Å². The summed E-state index contributed by atoms with van der Waals surface area (Å²) in [7, 11) is 1.68. The van der Waals surface area contributed by atoms with Crippen molar-refractivity contribution in [2.45, 2.75) is 38.2 Å². The molecule has 1 fully saturated rings. The van der Waals surface area contributed by atoms with Crippen molar-refractivity contribution in [1.82, 2.24) is 20.3 Å². The van der Waals surface area contributed by atoms with Gasteiger partial charge in [0.2, 0.25) is 5.91 Å². The van der Waals surface area contributed by atoms with Crippen LogP contribution in [0.1, 0.15) is 42.5 Å². The summed E-state index contributed by atoms with van der Waals surface area (Å²) in [5, 5.41) is 10.7. The van der Waals surface area contributed by atoms with E-state index in [2.05, 4.69) is 46.6 Å². The van der Waals surface area contributed by atoms with E-state index in [-0.39, 0.29) is 23.8 Å². The number of aryl methyl sites for hydroxylation is 1. The Morgan fingerprint density at radius 3 is 2.71 bits per heavy atom. The smallest absolute Gasteiger partial charge is 0.229 e. The zero-order valence-corrected chi connectivity index (χ0v) is 14.4. The van der Waals surface area contributed by atoms with E-state index in [1.807, 2.05) is 11.8 Å². The van der Waals surface area contributed by atoms with Crippen LogP contribution >= 0.6 is 0 Å². The van der Waals surface area contributed by atoms with E-state index in [1.54, 1.807) is 13.3 Å². The normalized spacial score (nSPS) is 21.9. The van der Waals surface area contributed by atoms with Crippen molar-refractivity contribution in [1.29, 1.82) is 0 Å². The van der Waals surface area contributed by atoms with Crippen molar-refractivity contribution >= 4 is 5.91 Å².